The first-order valence-corrected chi connectivity index (χ1v) is 8.09. The third-order valence-electron chi connectivity index (χ3n) is 3.56. The molecule has 0 bridgehead atoms. The first-order valence-electron chi connectivity index (χ1n) is 7.10. The van der Waals surface area contributed by atoms with Gasteiger partial charge in [0.05, 0.1) is 16.9 Å². The fourth-order valence-electron chi connectivity index (χ4n) is 2.32. The fourth-order valence-corrected chi connectivity index (χ4v) is 3.01. The average Bonchev–Trinajstić information content (AvgIpc) is 2.79. The number of rotatable bonds is 4. The summed E-state index contributed by atoms with van der Waals surface area (Å²) in [6.07, 6.45) is 0. The van der Waals surface area contributed by atoms with Crippen LogP contribution in [0.5, 0.6) is 0 Å². The Bertz CT molecular complexity index is 836. The van der Waals surface area contributed by atoms with Crippen LogP contribution < -0.4 is 5.32 Å². The topological polar surface area (TPSA) is 66.5 Å². The molecule has 2 aromatic rings. The molecular weight excluding hydrogens is 331 g/mol. The Labute approximate surface area is 141 Å². The molecule has 1 aliphatic rings. The van der Waals surface area contributed by atoms with Crippen LogP contribution in [-0.4, -0.2) is 35.4 Å². The SMILES string of the molecule is CN1C(=O)c2ccc(NC(=O)CSc3ccc(F)cc3)cc2C1=O. The maximum atomic E-state index is 12.8. The second kappa shape index (κ2) is 6.45. The lowest BCUT2D eigenvalue weighted by Gasteiger charge is -2.06. The van der Waals surface area contributed by atoms with Crippen LogP contribution in [0.25, 0.3) is 0 Å². The minimum atomic E-state index is -0.383. The molecule has 0 aromatic heterocycles. The monoisotopic (exact) mass is 344 g/mol. The maximum Gasteiger partial charge on any atom is 0.261 e. The number of carbonyl (C=O) groups excluding carboxylic acids is 3. The predicted molar refractivity (Wildman–Crippen MR) is 88.6 cm³/mol. The number of carbonyl (C=O) groups is 3. The summed E-state index contributed by atoms with van der Waals surface area (Å²) in [5, 5.41) is 2.69. The van der Waals surface area contributed by atoms with Crippen LogP contribution in [0.2, 0.25) is 0 Å². The molecule has 0 radical (unpaired) electrons. The number of imide groups is 1. The average molecular weight is 344 g/mol. The van der Waals surface area contributed by atoms with Gasteiger partial charge in [0.15, 0.2) is 0 Å². The molecule has 24 heavy (non-hydrogen) atoms. The molecule has 1 N–H and O–H groups in total. The van der Waals surface area contributed by atoms with E-state index in [0.29, 0.717) is 11.3 Å². The molecule has 3 rings (SSSR count). The van der Waals surface area contributed by atoms with E-state index >= 15 is 0 Å². The Morgan fingerprint density at radius 3 is 2.46 bits per heavy atom. The minimum absolute atomic E-state index is 0.148. The van der Waals surface area contributed by atoms with Crippen LogP contribution in [0, 0.1) is 5.82 Å². The third kappa shape index (κ3) is 3.16. The van der Waals surface area contributed by atoms with Crippen molar-refractivity contribution in [2.24, 2.45) is 0 Å². The molecule has 5 nitrogen and oxygen atoms in total. The second-order valence-corrected chi connectivity index (χ2v) is 6.27. The predicted octanol–water partition coefficient (Wildman–Crippen LogP) is 2.78. The Morgan fingerprint density at radius 2 is 1.75 bits per heavy atom. The van der Waals surface area contributed by atoms with Gasteiger partial charge in [-0.3, -0.25) is 19.3 Å². The maximum absolute atomic E-state index is 12.8. The van der Waals surface area contributed by atoms with E-state index in [2.05, 4.69) is 5.32 Å². The summed E-state index contributed by atoms with van der Waals surface area (Å²) in [6.45, 7) is 0. The number of hydrogen-bond acceptors (Lipinski definition) is 4. The lowest BCUT2D eigenvalue weighted by Crippen LogP contribution is -2.24. The van der Waals surface area contributed by atoms with Crippen LogP contribution >= 0.6 is 11.8 Å². The molecule has 2 aromatic carbocycles. The molecule has 0 aliphatic carbocycles. The number of thioether (sulfide) groups is 1. The molecule has 7 heteroatoms. The lowest BCUT2D eigenvalue weighted by molar-refractivity contribution is -0.113. The summed E-state index contributed by atoms with van der Waals surface area (Å²) in [7, 11) is 1.42. The highest BCUT2D eigenvalue weighted by atomic mass is 32.2. The quantitative estimate of drug-likeness (QED) is 0.684. The molecule has 3 amide bonds. The van der Waals surface area contributed by atoms with Crippen LogP contribution in [0.15, 0.2) is 47.4 Å². The van der Waals surface area contributed by atoms with Crippen molar-refractivity contribution in [1.82, 2.24) is 4.90 Å². The van der Waals surface area contributed by atoms with Gasteiger partial charge in [-0.05, 0) is 42.5 Å². The van der Waals surface area contributed by atoms with Crippen molar-refractivity contribution < 1.29 is 18.8 Å². The van der Waals surface area contributed by atoms with Crippen molar-refractivity contribution in [2.45, 2.75) is 4.90 Å². The van der Waals surface area contributed by atoms with Crippen molar-refractivity contribution in [3.8, 4) is 0 Å². The van der Waals surface area contributed by atoms with E-state index in [1.807, 2.05) is 0 Å². The van der Waals surface area contributed by atoms with E-state index in [1.165, 1.54) is 43.1 Å². The van der Waals surface area contributed by atoms with E-state index in [1.54, 1.807) is 18.2 Å². The number of benzene rings is 2. The third-order valence-corrected chi connectivity index (χ3v) is 4.57. The number of amides is 3. The van der Waals surface area contributed by atoms with E-state index in [-0.39, 0.29) is 34.9 Å². The van der Waals surface area contributed by atoms with Gasteiger partial charge in [-0.1, -0.05) is 0 Å². The Morgan fingerprint density at radius 1 is 1.08 bits per heavy atom. The Balaban J connectivity index is 1.64. The summed E-state index contributed by atoms with van der Waals surface area (Å²) in [4.78, 5) is 37.6. The molecule has 0 atom stereocenters. The molecule has 0 saturated carbocycles. The van der Waals surface area contributed by atoms with Gasteiger partial charge < -0.3 is 5.32 Å². The zero-order valence-corrected chi connectivity index (χ0v) is 13.5. The highest BCUT2D eigenvalue weighted by Crippen LogP contribution is 2.25. The molecule has 0 unspecified atom stereocenters. The molecule has 0 fully saturated rings. The van der Waals surface area contributed by atoms with Crippen LogP contribution in [0.3, 0.4) is 0 Å². The van der Waals surface area contributed by atoms with E-state index in [4.69, 9.17) is 0 Å². The number of fused-ring (bicyclic) bond motifs is 1. The summed E-state index contributed by atoms with van der Waals surface area (Å²) >= 11 is 1.28. The van der Waals surface area contributed by atoms with Crippen LogP contribution in [0.4, 0.5) is 10.1 Å². The van der Waals surface area contributed by atoms with Gasteiger partial charge in [-0.15, -0.1) is 11.8 Å². The fraction of sp³-hybridized carbons (Fsp3) is 0.118. The molecular formula is C17H13FN2O3S. The second-order valence-electron chi connectivity index (χ2n) is 5.22. The number of halogens is 1. The smallest absolute Gasteiger partial charge is 0.261 e. The summed E-state index contributed by atoms with van der Waals surface area (Å²) < 4.78 is 12.8. The van der Waals surface area contributed by atoms with Crippen LogP contribution in [0.1, 0.15) is 20.7 Å². The Hall–Kier alpha value is -2.67. The van der Waals surface area contributed by atoms with Gasteiger partial charge in [0.1, 0.15) is 5.82 Å². The highest BCUT2D eigenvalue weighted by molar-refractivity contribution is 8.00. The first-order chi connectivity index (χ1) is 11.5. The molecule has 1 aliphatic heterocycles. The van der Waals surface area contributed by atoms with Gasteiger partial charge in [0.2, 0.25) is 5.91 Å². The van der Waals surface area contributed by atoms with Crippen molar-refractivity contribution in [1.29, 1.82) is 0 Å². The van der Waals surface area contributed by atoms with Gasteiger partial charge in [-0.2, -0.15) is 0 Å². The van der Waals surface area contributed by atoms with Gasteiger partial charge in [0, 0.05) is 17.6 Å². The van der Waals surface area contributed by atoms with Crippen molar-refractivity contribution >= 4 is 35.2 Å². The summed E-state index contributed by atoms with van der Waals surface area (Å²) in [5.74, 6) is -1.16. The molecule has 0 spiro atoms. The van der Waals surface area contributed by atoms with Gasteiger partial charge in [0.25, 0.3) is 11.8 Å². The zero-order valence-electron chi connectivity index (χ0n) is 12.7. The van der Waals surface area contributed by atoms with Gasteiger partial charge in [-0.25, -0.2) is 4.39 Å². The minimum Gasteiger partial charge on any atom is -0.325 e. The first kappa shape index (κ1) is 16.2. The number of anilines is 1. The number of nitrogens with one attached hydrogen (secondary N) is 1. The van der Waals surface area contributed by atoms with Gasteiger partial charge >= 0.3 is 0 Å². The number of hydrogen-bond donors (Lipinski definition) is 1. The highest BCUT2D eigenvalue weighted by Gasteiger charge is 2.32. The number of nitrogens with zero attached hydrogens (tertiary/aromatic N) is 1. The molecule has 0 saturated heterocycles. The van der Waals surface area contributed by atoms with E-state index in [0.717, 1.165) is 9.80 Å². The molecule has 1 heterocycles. The summed E-state index contributed by atoms with van der Waals surface area (Å²) in [5.41, 5.74) is 1.07. The normalized spacial score (nSPS) is 13.2. The largest absolute Gasteiger partial charge is 0.325 e. The van der Waals surface area contributed by atoms with Crippen molar-refractivity contribution in [3.05, 3.63) is 59.4 Å². The van der Waals surface area contributed by atoms with Crippen molar-refractivity contribution in [2.75, 3.05) is 18.1 Å². The van der Waals surface area contributed by atoms with E-state index in [9.17, 15) is 18.8 Å². The lowest BCUT2D eigenvalue weighted by atomic mass is 10.1. The standard InChI is InChI=1S/C17H13FN2O3S/c1-20-16(22)13-7-4-11(8-14(13)17(20)23)19-15(21)9-24-12-5-2-10(18)3-6-12/h2-8H,9H2,1H3,(H,19,21). The zero-order chi connectivity index (χ0) is 17.3. The van der Waals surface area contributed by atoms with Crippen molar-refractivity contribution in [3.63, 3.8) is 0 Å². The van der Waals surface area contributed by atoms with Crippen LogP contribution in [-0.2, 0) is 4.79 Å². The summed E-state index contributed by atoms with van der Waals surface area (Å²) in [6, 6.07) is 10.5. The van der Waals surface area contributed by atoms with E-state index < -0.39 is 0 Å². The Kier molecular flexibility index (Phi) is 4.35. The molecule has 122 valence electrons.